The molecule has 1 aromatic carbocycles. The molecular formula is C28H37N3O12S2. The first kappa shape index (κ1) is 35.8. The minimum atomic E-state index is -4.59. The van der Waals surface area contributed by atoms with Crippen LogP contribution < -0.4 is 5.73 Å². The highest BCUT2D eigenvalue weighted by atomic mass is 32.2. The number of amides is 1. The van der Waals surface area contributed by atoms with Crippen molar-refractivity contribution in [1.29, 1.82) is 0 Å². The summed E-state index contributed by atoms with van der Waals surface area (Å²) in [5.41, 5.74) is 2.93. The largest absolute Gasteiger partial charge is 0.497 e. The summed E-state index contributed by atoms with van der Waals surface area (Å²) in [6, 6.07) is 3.70. The Hall–Kier alpha value is -3.67. The van der Waals surface area contributed by atoms with Gasteiger partial charge in [0.05, 0.1) is 30.3 Å². The van der Waals surface area contributed by atoms with Gasteiger partial charge in [-0.15, -0.1) is 0 Å². The van der Waals surface area contributed by atoms with Crippen molar-refractivity contribution >= 4 is 43.5 Å². The Balaban J connectivity index is 2.32. The number of carbonyl (C=O) groups is 3. The molecule has 0 radical (unpaired) electrons. The number of para-hydroxylation sites is 1. The maximum absolute atomic E-state index is 14.2. The molecule has 1 aromatic rings. The fourth-order valence-electron chi connectivity index (χ4n) is 5.85. The number of allylic oxidation sites excluding steroid dienone is 2. The number of hydrogen-bond donors (Lipinski definition) is 1. The smallest absolute Gasteiger partial charge is 0.303 e. The van der Waals surface area contributed by atoms with Crippen LogP contribution in [-0.4, -0.2) is 82.4 Å². The number of rotatable bonds is 13. The van der Waals surface area contributed by atoms with Crippen LogP contribution in [0.25, 0.3) is 0 Å². The van der Waals surface area contributed by atoms with Gasteiger partial charge < -0.3 is 15.2 Å². The molecule has 17 heteroatoms. The standard InChI is InChI=1S/C28H37N3O12S2/c1-19(32)43-27-24(41-2)16-23(33)21(13-14-26(29)34)28(27,18-42-44(3,37)38)17-20-10-6-4-5-9-15-30(20)45(39,40)25-12-8-7-11-22(25)31(35)36/h6-8,10-12,16,20-21,27H,4-5,9,13-15,17-18H2,1-3H3,(H2,29,34)/b10-6-/t20-,21-,27+,28-/m0/s1. The molecule has 1 aliphatic carbocycles. The number of nitrogens with zero attached hydrogens (tertiary/aromatic N) is 2. The predicted molar refractivity (Wildman–Crippen MR) is 159 cm³/mol. The molecule has 248 valence electrons. The van der Waals surface area contributed by atoms with E-state index in [2.05, 4.69) is 0 Å². The summed E-state index contributed by atoms with van der Waals surface area (Å²) in [4.78, 5) is 48.4. The van der Waals surface area contributed by atoms with Crippen LogP contribution >= 0.6 is 0 Å². The summed E-state index contributed by atoms with van der Waals surface area (Å²) in [6.45, 7) is 0.228. The summed E-state index contributed by atoms with van der Waals surface area (Å²) < 4.78 is 70.5. The Morgan fingerprint density at radius 3 is 2.47 bits per heavy atom. The van der Waals surface area contributed by atoms with E-state index in [4.69, 9.17) is 19.4 Å². The molecule has 1 aliphatic heterocycles. The molecule has 1 amide bonds. The zero-order valence-electron chi connectivity index (χ0n) is 25.1. The second-order valence-electron chi connectivity index (χ2n) is 10.9. The lowest BCUT2D eigenvalue weighted by Crippen LogP contribution is -2.57. The molecule has 0 unspecified atom stereocenters. The van der Waals surface area contributed by atoms with E-state index in [1.165, 1.54) is 19.2 Å². The van der Waals surface area contributed by atoms with Crippen LogP contribution in [0.5, 0.6) is 0 Å². The summed E-state index contributed by atoms with van der Waals surface area (Å²) in [5, 5.41) is 11.8. The highest BCUT2D eigenvalue weighted by Crippen LogP contribution is 2.49. The lowest BCUT2D eigenvalue weighted by molar-refractivity contribution is -0.387. The number of carbonyl (C=O) groups excluding carboxylic acids is 3. The van der Waals surface area contributed by atoms with Gasteiger partial charge in [-0.2, -0.15) is 12.7 Å². The first-order chi connectivity index (χ1) is 21.0. The molecule has 1 heterocycles. The zero-order valence-corrected chi connectivity index (χ0v) is 26.8. The van der Waals surface area contributed by atoms with E-state index in [1.807, 2.05) is 0 Å². The number of ether oxygens (including phenoxy) is 2. The molecule has 0 saturated heterocycles. The molecule has 3 rings (SSSR count). The quantitative estimate of drug-likeness (QED) is 0.105. The van der Waals surface area contributed by atoms with Crippen molar-refractivity contribution in [3.63, 3.8) is 0 Å². The summed E-state index contributed by atoms with van der Waals surface area (Å²) in [7, 11) is -7.58. The topological polar surface area (TPSA) is 220 Å². The third kappa shape index (κ3) is 8.53. The highest BCUT2D eigenvalue weighted by Gasteiger charge is 2.57. The van der Waals surface area contributed by atoms with E-state index < -0.39 is 83.4 Å². The number of hydrogen-bond acceptors (Lipinski definition) is 12. The van der Waals surface area contributed by atoms with Gasteiger partial charge in [0.15, 0.2) is 16.8 Å². The SMILES string of the molecule is COC1=CC(=O)[C@H](CCC(N)=O)[C@@](COS(C)(=O)=O)(C[C@@H]2/C=C\CCCCN2S(=O)(=O)c2ccccc2[N+](=O)[O-])[C@@H]1OC(C)=O. The zero-order chi connectivity index (χ0) is 33.6. The molecule has 2 aliphatic rings. The fourth-order valence-corrected chi connectivity index (χ4v) is 8.06. The summed E-state index contributed by atoms with van der Waals surface area (Å²) >= 11 is 0. The van der Waals surface area contributed by atoms with Crippen LogP contribution in [0, 0.1) is 21.4 Å². The van der Waals surface area contributed by atoms with E-state index in [-0.39, 0.29) is 31.6 Å². The molecule has 0 spiro atoms. The molecule has 0 fully saturated rings. The maximum atomic E-state index is 14.2. The van der Waals surface area contributed by atoms with Gasteiger partial charge in [-0.3, -0.25) is 28.7 Å². The van der Waals surface area contributed by atoms with Crippen molar-refractivity contribution in [3.05, 3.63) is 58.4 Å². The third-order valence-electron chi connectivity index (χ3n) is 7.81. The molecule has 0 bridgehead atoms. The van der Waals surface area contributed by atoms with E-state index in [0.29, 0.717) is 19.3 Å². The van der Waals surface area contributed by atoms with Gasteiger partial charge in [-0.1, -0.05) is 24.3 Å². The van der Waals surface area contributed by atoms with Gasteiger partial charge in [-0.05, 0) is 38.2 Å². The lowest BCUT2D eigenvalue weighted by Gasteiger charge is -2.49. The van der Waals surface area contributed by atoms with Gasteiger partial charge in [0.2, 0.25) is 15.9 Å². The van der Waals surface area contributed by atoms with Gasteiger partial charge in [-0.25, -0.2) is 8.42 Å². The van der Waals surface area contributed by atoms with E-state index >= 15 is 0 Å². The molecule has 4 atom stereocenters. The Labute approximate surface area is 261 Å². The number of esters is 1. The first-order valence-electron chi connectivity index (χ1n) is 14.0. The number of methoxy groups -OCH3 is 1. The van der Waals surface area contributed by atoms with E-state index in [0.717, 1.165) is 35.7 Å². The van der Waals surface area contributed by atoms with Crippen molar-refractivity contribution in [3.8, 4) is 0 Å². The van der Waals surface area contributed by atoms with Crippen molar-refractivity contribution in [1.82, 2.24) is 4.31 Å². The number of ketones is 1. The number of nitro groups is 1. The van der Waals surface area contributed by atoms with E-state index in [1.54, 1.807) is 12.2 Å². The van der Waals surface area contributed by atoms with Crippen LogP contribution in [0.3, 0.4) is 0 Å². The molecule has 0 saturated carbocycles. The van der Waals surface area contributed by atoms with Gasteiger partial charge >= 0.3 is 5.97 Å². The molecule has 0 aromatic heterocycles. The van der Waals surface area contributed by atoms with Gasteiger partial charge in [0.1, 0.15) is 5.76 Å². The van der Waals surface area contributed by atoms with E-state index in [9.17, 15) is 41.3 Å². The van der Waals surface area contributed by atoms with Crippen molar-refractivity contribution < 1.29 is 49.8 Å². The highest BCUT2D eigenvalue weighted by molar-refractivity contribution is 7.89. The van der Waals surface area contributed by atoms with Gasteiger partial charge in [0, 0.05) is 44.0 Å². The predicted octanol–water partition coefficient (Wildman–Crippen LogP) is 1.97. The Morgan fingerprint density at radius 2 is 1.87 bits per heavy atom. The number of nitrogens with two attached hydrogens (primary N) is 1. The second-order valence-corrected chi connectivity index (χ2v) is 14.4. The average molecular weight is 672 g/mol. The van der Waals surface area contributed by atoms with Crippen LogP contribution in [0.2, 0.25) is 0 Å². The minimum Gasteiger partial charge on any atom is -0.497 e. The number of sulfonamides is 1. The van der Waals surface area contributed by atoms with Crippen molar-refractivity contribution in [2.45, 2.75) is 62.5 Å². The summed E-state index contributed by atoms with van der Waals surface area (Å²) in [6.07, 6.45) is 4.26. The molecular weight excluding hydrogens is 634 g/mol. The van der Waals surface area contributed by atoms with Crippen molar-refractivity contribution in [2.24, 2.45) is 17.1 Å². The lowest BCUT2D eigenvalue weighted by atomic mass is 9.61. The Bertz CT molecular complexity index is 1590. The van der Waals surface area contributed by atoms with Crippen LogP contribution in [0.1, 0.15) is 45.4 Å². The number of benzene rings is 1. The Kier molecular flexibility index (Phi) is 11.6. The monoisotopic (exact) mass is 671 g/mol. The summed E-state index contributed by atoms with van der Waals surface area (Å²) in [5.74, 6) is -3.61. The molecule has 45 heavy (non-hydrogen) atoms. The Morgan fingerprint density at radius 1 is 1.18 bits per heavy atom. The van der Waals surface area contributed by atoms with Crippen LogP contribution in [0.4, 0.5) is 5.69 Å². The molecule has 2 N–H and O–H groups in total. The normalized spacial score (nSPS) is 25.4. The second kappa shape index (κ2) is 14.6. The number of primary amides is 1. The fraction of sp³-hybridized carbons (Fsp3) is 0.536. The van der Waals surface area contributed by atoms with Crippen LogP contribution in [-0.2, 0) is 48.2 Å². The number of nitro benzene ring substituents is 1. The molecule has 15 nitrogen and oxygen atoms in total. The van der Waals surface area contributed by atoms with Crippen molar-refractivity contribution in [2.75, 3.05) is 26.5 Å². The average Bonchev–Trinajstić information content (AvgIpc) is 2.93. The van der Waals surface area contributed by atoms with Gasteiger partial charge in [0.25, 0.3) is 15.8 Å². The third-order valence-corrected chi connectivity index (χ3v) is 10.3. The first-order valence-corrected chi connectivity index (χ1v) is 17.3. The minimum absolute atomic E-state index is 0.0858. The van der Waals surface area contributed by atoms with Crippen LogP contribution in [0.15, 0.2) is 53.1 Å². The maximum Gasteiger partial charge on any atom is 0.303 e.